The Bertz CT molecular complexity index is 583. The molecular weight excluding hydrogens is 212 g/mol. The van der Waals surface area contributed by atoms with Gasteiger partial charge in [0.2, 0.25) is 0 Å². The van der Waals surface area contributed by atoms with Crippen molar-refractivity contribution in [2.24, 2.45) is 0 Å². The summed E-state index contributed by atoms with van der Waals surface area (Å²) in [5, 5.41) is 12.0. The maximum atomic E-state index is 10.9. The molecule has 0 saturated carbocycles. The van der Waals surface area contributed by atoms with Crippen LogP contribution in [0.2, 0.25) is 0 Å². The molecule has 0 atom stereocenters. The van der Waals surface area contributed by atoms with Gasteiger partial charge in [-0.3, -0.25) is 4.79 Å². The minimum atomic E-state index is 0.102. The summed E-state index contributed by atoms with van der Waals surface area (Å²) in [6.07, 6.45) is 0.696. The van der Waals surface area contributed by atoms with Crippen molar-refractivity contribution in [3.63, 3.8) is 0 Å². The Morgan fingerprint density at radius 2 is 1.88 bits per heavy atom. The monoisotopic (exact) mass is 228 g/mol. The number of hydrogen-bond acceptors (Lipinski definition) is 2. The van der Waals surface area contributed by atoms with Crippen molar-refractivity contribution in [2.45, 2.75) is 26.7 Å². The molecule has 2 aromatic rings. The van der Waals surface area contributed by atoms with Crippen molar-refractivity contribution < 1.29 is 9.90 Å². The third kappa shape index (κ3) is 1.80. The molecule has 0 aromatic heterocycles. The molecule has 1 N–H and O–H groups in total. The second-order valence-electron chi connectivity index (χ2n) is 4.67. The van der Waals surface area contributed by atoms with Gasteiger partial charge in [-0.25, -0.2) is 0 Å². The molecular formula is C15H16O2. The second-order valence-corrected chi connectivity index (χ2v) is 4.67. The van der Waals surface area contributed by atoms with Gasteiger partial charge in [0, 0.05) is 5.39 Å². The molecule has 0 aliphatic carbocycles. The lowest BCUT2D eigenvalue weighted by atomic mass is 9.92. The summed E-state index contributed by atoms with van der Waals surface area (Å²) in [5.41, 5.74) is 2.54. The summed E-state index contributed by atoms with van der Waals surface area (Å²) in [4.78, 5) is 10.9. The van der Waals surface area contributed by atoms with E-state index in [9.17, 15) is 9.90 Å². The van der Waals surface area contributed by atoms with Crippen molar-refractivity contribution >= 4 is 17.1 Å². The highest BCUT2D eigenvalue weighted by Crippen LogP contribution is 2.35. The molecule has 2 rings (SSSR count). The van der Waals surface area contributed by atoms with Crippen LogP contribution in [0.3, 0.4) is 0 Å². The highest BCUT2D eigenvalue weighted by Gasteiger charge is 2.13. The predicted molar refractivity (Wildman–Crippen MR) is 69.8 cm³/mol. The van der Waals surface area contributed by atoms with E-state index in [4.69, 9.17) is 0 Å². The number of benzene rings is 2. The first-order valence-electron chi connectivity index (χ1n) is 5.76. The summed E-state index contributed by atoms with van der Waals surface area (Å²) in [6.45, 7) is 6.17. The Balaban J connectivity index is 2.94. The molecule has 0 unspecified atom stereocenters. The van der Waals surface area contributed by atoms with E-state index < -0.39 is 0 Å². The molecule has 0 radical (unpaired) electrons. The Morgan fingerprint density at radius 1 is 1.18 bits per heavy atom. The first-order chi connectivity index (χ1) is 8.06. The molecule has 0 heterocycles. The quantitative estimate of drug-likeness (QED) is 0.794. The Hall–Kier alpha value is -1.83. The first-order valence-corrected chi connectivity index (χ1v) is 5.76. The topological polar surface area (TPSA) is 37.3 Å². The average Bonchev–Trinajstić information content (AvgIpc) is 2.30. The van der Waals surface area contributed by atoms with Gasteiger partial charge in [0.05, 0.1) is 5.56 Å². The minimum Gasteiger partial charge on any atom is -0.507 e. The molecule has 0 spiro atoms. The number of carbonyl (C=O) groups excluding carboxylic acids is 1. The number of aromatic hydroxyl groups is 1. The van der Waals surface area contributed by atoms with Gasteiger partial charge < -0.3 is 5.11 Å². The Labute approximate surface area is 101 Å². The molecule has 88 valence electrons. The number of hydrogen-bond donors (Lipinski definition) is 1. The number of fused-ring (bicyclic) bond motifs is 1. The van der Waals surface area contributed by atoms with Crippen molar-refractivity contribution in [3.8, 4) is 5.75 Å². The van der Waals surface area contributed by atoms with Crippen molar-refractivity contribution in [3.05, 3.63) is 41.0 Å². The van der Waals surface area contributed by atoms with E-state index in [1.54, 1.807) is 6.07 Å². The van der Waals surface area contributed by atoms with Crippen LogP contribution in [-0.2, 0) is 0 Å². The summed E-state index contributed by atoms with van der Waals surface area (Å²) < 4.78 is 0. The van der Waals surface area contributed by atoms with E-state index in [0.29, 0.717) is 17.8 Å². The molecule has 0 saturated heterocycles. The van der Waals surface area contributed by atoms with E-state index in [1.807, 2.05) is 19.1 Å². The van der Waals surface area contributed by atoms with Crippen molar-refractivity contribution in [1.82, 2.24) is 0 Å². The van der Waals surface area contributed by atoms with Crippen LogP contribution in [0.1, 0.15) is 41.3 Å². The highest BCUT2D eigenvalue weighted by molar-refractivity contribution is 5.99. The molecule has 2 heteroatoms. The van der Waals surface area contributed by atoms with Crippen LogP contribution in [-0.4, -0.2) is 11.4 Å². The number of rotatable bonds is 2. The second kappa shape index (κ2) is 4.21. The minimum absolute atomic E-state index is 0.102. The molecule has 0 fully saturated rings. The number of aldehydes is 1. The van der Waals surface area contributed by atoms with Crippen LogP contribution >= 0.6 is 0 Å². The van der Waals surface area contributed by atoms with Gasteiger partial charge in [-0.2, -0.15) is 0 Å². The standard InChI is InChI=1S/C15H16O2/c1-9(2)12-6-4-10(3)13-7-5-11(8-16)15(17)14(12)13/h4-9,17H,1-3H3. The number of aryl methyl sites for hydroxylation is 1. The molecule has 0 aliphatic heterocycles. The summed E-state index contributed by atoms with van der Waals surface area (Å²) in [6, 6.07) is 7.65. The van der Waals surface area contributed by atoms with E-state index in [2.05, 4.69) is 19.9 Å². The van der Waals surface area contributed by atoms with Crippen LogP contribution in [0, 0.1) is 6.92 Å². The fraction of sp³-hybridized carbons (Fsp3) is 0.267. The van der Waals surface area contributed by atoms with E-state index in [0.717, 1.165) is 21.9 Å². The summed E-state index contributed by atoms with van der Waals surface area (Å²) in [5.74, 6) is 0.413. The zero-order chi connectivity index (χ0) is 12.6. The molecule has 2 nitrogen and oxygen atoms in total. The molecule has 0 aliphatic rings. The third-order valence-electron chi connectivity index (χ3n) is 3.18. The fourth-order valence-corrected chi connectivity index (χ4v) is 2.19. The van der Waals surface area contributed by atoms with E-state index >= 15 is 0 Å². The number of phenols is 1. The van der Waals surface area contributed by atoms with Gasteiger partial charge in [0.1, 0.15) is 5.75 Å². The van der Waals surface area contributed by atoms with Crippen LogP contribution < -0.4 is 0 Å². The lowest BCUT2D eigenvalue weighted by Crippen LogP contribution is -1.93. The molecule has 17 heavy (non-hydrogen) atoms. The number of phenolic OH excluding ortho intramolecular Hbond substituents is 1. The smallest absolute Gasteiger partial charge is 0.153 e. The lowest BCUT2D eigenvalue weighted by Gasteiger charge is -2.14. The Morgan fingerprint density at radius 3 is 2.47 bits per heavy atom. The van der Waals surface area contributed by atoms with Gasteiger partial charge >= 0.3 is 0 Å². The van der Waals surface area contributed by atoms with Crippen molar-refractivity contribution in [1.29, 1.82) is 0 Å². The van der Waals surface area contributed by atoms with Gasteiger partial charge in [-0.15, -0.1) is 0 Å². The molecule has 0 bridgehead atoms. The fourth-order valence-electron chi connectivity index (χ4n) is 2.19. The van der Waals surface area contributed by atoms with Crippen LogP contribution in [0.15, 0.2) is 24.3 Å². The zero-order valence-corrected chi connectivity index (χ0v) is 10.3. The lowest BCUT2D eigenvalue weighted by molar-refractivity contribution is 0.112. The van der Waals surface area contributed by atoms with Gasteiger partial charge in [0.25, 0.3) is 0 Å². The van der Waals surface area contributed by atoms with E-state index in [-0.39, 0.29) is 5.75 Å². The van der Waals surface area contributed by atoms with Gasteiger partial charge in [-0.05, 0) is 35.4 Å². The maximum Gasteiger partial charge on any atom is 0.153 e. The van der Waals surface area contributed by atoms with Crippen molar-refractivity contribution in [2.75, 3.05) is 0 Å². The van der Waals surface area contributed by atoms with E-state index in [1.165, 1.54) is 0 Å². The predicted octanol–water partition coefficient (Wildman–Crippen LogP) is 3.79. The van der Waals surface area contributed by atoms with Crippen LogP contribution in [0.5, 0.6) is 5.75 Å². The summed E-state index contributed by atoms with van der Waals surface area (Å²) in [7, 11) is 0. The molecule has 0 amide bonds. The maximum absolute atomic E-state index is 10.9. The average molecular weight is 228 g/mol. The van der Waals surface area contributed by atoms with Crippen LogP contribution in [0.25, 0.3) is 10.8 Å². The van der Waals surface area contributed by atoms with Gasteiger partial charge in [0.15, 0.2) is 6.29 Å². The first kappa shape index (κ1) is 11.6. The normalized spacial score (nSPS) is 11.1. The van der Waals surface area contributed by atoms with Gasteiger partial charge in [-0.1, -0.05) is 32.0 Å². The third-order valence-corrected chi connectivity index (χ3v) is 3.18. The SMILES string of the molecule is Cc1ccc(C(C)C)c2c(O)c(C=O)ccc12. The highest BCUT2D eigenvalue weighted by atomic mass is 16.3. The Kier molecular flexibility index (Phi) is 2.88. The zero-order valence-electron chi connectivity index (χ0n) is 10.3. The molecule has 2 aromatic carbocycles. The number of carbonyl (C=O) groups is 1. The summed E-state index contributed by atoms with van der Waals surface area (Å²) >= 11 is 0. The van der Waals surface area contributed by atoms with Crippen LogP contribution in [0.4, 0.5) is 0 Å². The largest absolute Gasteiger partial charge is 0.507 e.